The Bertz CT molecular complexity index is 1120. The van der Waals surface area contributed by atoms with Crippen molar-refractivity contribution in [3.8, 4) is 0 Å². The van der Waals surface area contributed by atoms with E-state index < -0.39 is 17.5 Å². The molecule has 1 aliphatic heterocycles. The van der Waals surface area contributed by atoms with Gasteiger partial charge < -0.3 is 10.1 Å². The quantitative estimate of drug-likeness (QED) is 0.499. The lowest BCUT2D eigenvalue weighted by molar-refractivity contribution is -0.130. The molecule has 178 valence electrons. The van der Waals surface area contributed by atoms with Crippen molar-refractivity contribution in [3.05, 3.63) is 59.7 Å². The number of hydrogen-bond donors (Lipinski definition) is 2. The second-order valence-electron chi connectivity index (χ2n) is 9.00. The lowest BCUT2D eigenvalue weighted by atomic mass is 9.95. The summed E-state index contributed by atoms with van der Waals surface area (Å²) in [5.74, 6) is -1.75. The highest BCUT2D eigenvalue weighted by Gasteiger charge is 2.25. The Hall–Kier alpha value is -4.01. The second-order valence-corrected chi connectivity index (χ2v) is 9.00. The first-order valence-corrected chi connectivity index (χ1v) is 10.8. The van der Waals surface area contributed by atoms with E-state index in [2.05, 4.69) is 10.7 Å². The van der Waals surface area contributed by atoms with Gasteiger partial charge in [-0.2, -0.15) is 0 Å². The van der Waals surface area contributed by atoms with Crippen LogP contribution in [0.3, 0.4) is 0 Å². The fourth-order valence-corrected chi connectivity index (χ4v) is 3.08. The van der Waals surface area contributed by atoms with Crippen molar-refractivity contribution in [2.45, 2.75) is 46.6 Å². The minimum atomic E-state index is -1.04. The van der Waals surface area contributed by atoms with Crippen LogP contribution in [-0.4, -0.2) is 35.6 Å². The molecule has 34 heavy (non-hydrogen) atoms. The number of amides is 3. The van der Waals surface area contributed by atoms with Gasteiger partial charge in [-0.15, -0.1) is 0 Å². The molecule has 0 bridgehead atoms. The van der Waals surface area contributed by atoms with E-state index in [9.17, 15) is 24.0 Å². The summed E-state index contributed by atoms with van der Waals surface area (Å²) >= 11 is 0. The summed E-state index contributed by atoms with van der Waals surface area (Å²) in [5.41, 5.74) is 3.43. The predicted octanol–water partition coefficient (Wildman–Crippen LogP) is 3.26. The molecule has 0 radical (unpaired) electrons. The van der Waals surface area contributed by atoms with Crippen molar-refractivity contribution in [2.75, 3.05) is 10.3 Å². The maximum absolute atomic E-state index is 12.7. The van der Waals surface area contributed by atoms with Crippen molar-refractivity contribution in [1.82, 2.24) is 5.43 Å². The van der Waals surface area contributed by atoms with Crippen LogP contribution in [0.4, 0.5) is 11.4 Å². The van der Waals surface area contributed by atoms with Gasteiger partial charge in [-0.05, 0) is 55.5 Å². The van der Waals surface area contributed by atoms with Gasteiger partial charge in [0.2, 0.25) is 23.5 Å². The molecule has 1 aliphatic rings. The van der Waals surface area contributed by atoms with E-state index in [0.29, 0.717) is 16.9 Å². The number of rotatable bonds is 6. The molecule has 1 atom stereocenters. The lowest BCUT2D eigenvalue weighted by Crippen LogP contribution is -2.50. The Balaban J connectivity index is 1.60. The first kappa shape index (κ1) is 24.6. The third-order valence-electron chi connectivity index (χ3n) is 5.17. The Morgan fingerprint density at radius 2 is 1.53 bits per heavy atom. The van der Waals surface area contributed by atoms with Crippen molar-refractivity contribution >= 4 is 40.8 Å². The number of hydrazine groups is 1. The van der Waals surface area contributed by atoms with Gasteiger partial charge in [-0.3, -0.25) is 24.6 Å². The van der Waals surface area contributed by atoms with Gasteiger partial charge in [0.05, 0.1) is 11.3 Å². The number of esters is 1. The number of carbonyl (C=O) groups is 5. The number of Topliss-reactive ketones (excluding diaryl/α,β-unsaturated/α-hetero) is 1. The van der Waals surface area contributed by atoms with E-state index >= 15 is 0 Å². The van der Waals surface area contributed by atoms with Crippen LogP contribution in [0.1, 0.15) is 61.3 Å². The smallest absolute Gasteiger partial charge is 0.338 e. The first-order chi connectivity index (χ1) is 16.0. The molecule has 0 aliphatic carbocycles. The van der Waals surface area contributed by atoms with Crippen LogP contribution in [0.5, 0.6) is 0 Å². The summed E-state index contributed by atoms with van der Waals surface area (Å²) in [6.07, 6.45) is -0.788. The van der Waals surface area contributed by atoms with E-state index in [4.69, 9.17) is 4.74 Å². The van der Waals surface area contributed by atoms with E-state index in [-0.39, 0.29) is 41.9 Å². The van der Waals surface area contributed by atoms with Crippen LogP contribution in [-0.2, 0) is 19.1 Å². The molecule has 0 saturated carbocycles. The zero-order chi connectivity index (χ0) is 25.0. The summed E-state index contributed by atoms with van der Waals surface area (Å²) < 4.78 is 5.31. The third kappa shape index (κ3) is 5.86. The SMILES string of the molecule is CC(OC(=O)c1ccc(N2NC(=O)CCC2=O)cc1)C(=O)c1ccc(NC(=O)C(C)(C)C)cc1. The third-order valence-corrected chi connectivity index (χ3v) is 5.17. The average molecular weight is 466 g/mol. The van der Waals surface area contributed by atoms with Gasteiger partial charge in [0.25, 0.3) is 0 Å². The number of ether oxygens (including phenoxy) is 1. The number of nitrogens with zero attached hydrogens (tertiary/aromatic N) is 1. The molecule has 2 N–H and O–H groups in total. The maximum Gasteiger partial charge on any atom is 0.338 e. The van der Waals surface area contributed by atoms with E-state index in [0.717, 1.165) is 5.01 Å². The van der Waals surface area contributed by atoms with Gasteiger partial charge >= 0.3 is 5.97 Å². The molecule has 3 rings (SSSR count). The standard InChI is InChI=1S/C25H27N3O6/c1-15(22(31)16-5-9-18(10-6-16)26-24(33)25(2,3)4)34-23(32)17-7-11-19(12-8-17)28-21(30)14-13-20(29)27-28/h5-12,15H,13-14H2,1-4H3,(H,26,33)(H,27,29). The highest BCUT2D eigenvalue weighted by molar-refractivity contribution is 6.03. The fraction of sp³-hybridized carbons (Fsp3) is 0.320. The van der Waals surface area contributed by atoms with Gasteiger partial charge in [0, 0.05) is 29.5 Å². The minimum absolute atomic E-state index is 0.110. The Morgan fingerprint density at radius 3 is 2.12 bits per heavy atom. The first-order valence-electron chi connectivity index (χ1n) is 10.8. The molecule has 0 spiro atoms. The van der Waals surface area contributed by atoms with E-state index in [1.807, 2.05) is 0 Å². The average Bonchev–Trinajstić information content (AvgIpc) is 2.80. The van der Waals surface area contributed by atoms with Crippen LogP contribution in [0.2, 0.25) is 0 Å². The van der Waals surface area contributed by atoms with Crippen molar-refractivity contribution in [1.29, 1.82) is 0 Å². The van der Waals surface area contributed by atoms with Crippen LogP contribution in [0.15, 0.2) is 48.5 Å². The molecule has 1 saturated heterocycles. The van der Waals surface area contributed by atoms with Crippen molar-refractivity contribution in [2.24, 2.45) is 5.41 Å². The van der Waals surface area contributed by atoms with Crippen LogP contribution < -0.4 is 15.8 Å². The molecule has 3 amide bonds. The lowest BCUT2D eigenvalue weighted by Gasteiger charge is -2.27. The molecule has 1 fully saturated rings. The Kier molecular flexibility index (Phi) is 7.14. The van der Waals surface area contributed by atoms with E-state index in [1.165, 1.54) is 31.2 Å². The predicted molar refractivity (Wildman–Crippen MR) is 125 cm³/mol. The molecule has 2 aromatic rings. The zero-order valence-corrected chi connectivity index (χ0v) is 19.5. The fourth-order valence-electron chi connectivity index (χ4n) is 3.08. The minimum Gasteiger partial charge on any atom is -0.451 e. The number of hydrogen-bond acceptors (Lipinski definition) is 6. The highest BCUT2D eigenvalue weighted by Crippen LogP contribution is 2.20. The molecular formula is C25H27N3O6. The largest absolute Gasteiger partial charge is 0.451 e. The molecule has 1 unspecified atom stereocenters. The summed E-state index contributed by atoms with van der Waals surface area (Å²) in [4.78, 5) is 60.8. The monoisotopic (exact) mass is 465 g/mol. The van der Waals surface area contributed by atoms with Gasteiger partial charge in [-0.25, -0.2) is 9.80 Å². The molecule has 1 heterocycles. The highest BCUT2D eigenvalue weighted by atomic mass is 16.5. The number of ketones is 1. The van der Waals surface area contributed by atoms with Gasteiger partial charge in [-0.1, -0.05) is 20.8 Å². The number of benzene rings is 2. The normalized spacial score (nSPS) is 14.8. The summed E-state index contributed by atoms with van der Waals surface area (Å²) in [7, 11) is 0. The van der Waals surface area contributed by atoms with Gasteiger partial charge in [0.1, 0.15) is 0 Å². The van der Waals surface area contributed by atoms with Crippen LogP contribution >= 0.6 is 0 Å². The number of nitrogens with one attached hydrogen (secondary N) is 2. The molecule has 0 aromatic heterocycles. The maximum atomic E-state index is 12.7. The van der Waals surface area contributed by atoms with Crippen molar-refractivity contribution < 1.29 is 28.7 Å². The molecule has 2 aromatic carbocycles. The zero-order valence-electron chi connectivity index (χ0n) is 19.5. The van der Waals surface area contributed by atoms with E-state index in [1.54, 1.807) is 45.0 Å². The molecular weight excluding hydrogens is 438 g/mol. The van der Waals surface area contributed by atoms with Gasteiger partial charge in [0.15, 0.2) is 6.10 Å². The topological polar surface area (TPSA) is 122 Å². The number of anilines is 2. The summed E-state index contributed by atoms with van der Waals surface area (Å²) in [6, 6.07) is 12.3. The van der Waals surface area contributed by atoms with Crippen molar-refractivity contribution in [3.63, 3.8) is 0 Å². The molecule has 9 nitrogen and oxygen atoms in total. The second kappa shape index (κ2) is 9.86. The summed E-state index contributed by atoms with van der Waals surface area (Å²) in [6.45, 7) is 6.88. The van der Waals surface area contributed by atoms with Crippen LogP contribution in [0, 0.1) is 5.41 Å². The summed E-state index contributed by atoms with van der Waals surface area (Å²) in [5, 5.41) is 3.92. The number of carbonyl (C=O) groups excluding carboxylic acids is 5. The van der Waals surface area contributed by atoms with Crippen LogP contribution in [0.25, 0.3) is 0 Å². The Morgan fingerprint density at radius 1 is 0.941 bits per heavy atom. The molecule has 9 heteroatoms. The Labute approximate surface area is 197 Å².